The molecule has 0 fully saturated rings. The quantitative estimate of drug-likeness (QED) is 0.789. The Morgan fingerprint density at radius 3 is 2.44 bits per heavy atom. The minimum Gasteiger partial charge on any atom is -0.508 e. The molecule has 1 aliphatic heterocycles. The molecule has 0 spiro atoms. The van der Waals surface area contributed by atoms with Gasteiger partial charge in [-0.1, -0.05) is 31.2 Å². The SMILES string of the molecule is CCCNC1(c2ccc(O)cc2)C(=O)Nc2c(C(F)(F)F)cccc21. The first-order valence-electron chi connectivity index (χ1n) is 7.87. The van der Waals surface area contributed by atoms with E-state index in [1.165, 1.54) is 36.4 Å². The van der Waals surface area contributed by atoms with Crippen LogP contribution in [0.15, 0.2) is 42.5 Å². The molecule has 7 heteroatoms. The molecule has 0 aliphatic carbocycles. The van der Waals surface area contributed by atoms with Gasteiger partial charge in [0.1, 0.15) is 5.75 Å². The standard InChI is InChI=1S/C18H17F3N2O2/c1-2-10-22-17(11-6-8-12(24)9-7-11)13-4-3-5-14(18(19,20)21)15(13)23-16(17)25/h3-9,22,24H,2,10H2,1H3,(H,23,25). The van der Waals surface area contributed by atoms with Gasteiger partial charge in [0, 0.05) is 5.56 Å². The van der Waals surface area contributed by atoms with Crippen LogP contribution in [0.4, 0.5) is 18.9 Å². The van der Waals surface area contributed by atoms with Crippen molar-refractivity contribution in [1.82, 2.24) is 5.32 Å². The second-order valence-corrected chi connectivity index (χ2v) is 5.90. The number of benzene rings is 2. The molecule has 1 amide bonds. The maximum absolute atomic E-state index is 13.3. The van der Waals surface area contributed by atoms with Crippen molar-refractivity contribution in [2.75, 3.05) is 11.9 Å². The molecule has 0 aromatic heterocycles. The van der Waals surface area contributed by atoms with Crippen LogP contribution in [0.3, 0.4) is 0 Å². The highest BCUT2D eigenvalue weighted by molar-refractivity contribution is 6.09. The number of phenols is 1. The van der Waals surface area contributed by atoms with Crippen LogP contribution in [-0.4, -0.2) is 17.6 Å². The number of anilines is 1. The molecule has 4 nitrogen and oxygen atoms in total. The van der Waals surface area contributed by atoms with E-state index in [9.17, 15) is 23.1 Å². The van der Waals surface area contributed by atoms with Gasteiger partial charge >= 0.3 is 6.18 Å². The topological polar surface area (TPSA) is 61.4 Å². The normalized spacial score (nSPS) is 19.6. The van der Waals surface area contributed by atoms with E-state index in [0.29, 0.717) is 18.5 Å². The van der Waals surface area contributed by atoms with Crippen molar-refractivity contribution in [2.24, 2.45) is 0 Å². The Labute approximate surface area is 142 Å². The van der Waals surface area contributed by atoms with Gasteiger partial charge in [-0.05, 0) is 36.7 Å². The Morgan fingerprint density at radius 2 is 1.84 bits per heavy atom. The van der Waals surface area contributed by atoms with Gasteiger partial charge in [-0.15, -0.1) is 0 Å². The van der Waals surface area contributed by atoms with Crippen LogP contribution < -0.4 is 10.6 Å². The third kappa shape index (κ3) is 2.74. The van der Waals surface area contributed by atoms with Gasteiger partial charge in [-0.3, -0.25) is 10.1 Å². The Balaban J connectivity index is 2.24. The van der Waals surface area contributed by atoms with E-state index in [-0.39, 0.29) is 17.0 Å². The van der Waals surface area contributed by atoms with E-state index in [1.54, 1.807) is 0 Å². The number of fused-ring (bicyclic) bond motifs is 1. The van der Waals surface area contributed by atoms with E-state index in [2.05, 4.69) is 10.6 Å². The minimum atomic E-state index is -4.57. The summed E-state index contributed by atoms with van der Waals surface area (Å²) in [7, 11) is 0. The lowest BCUT2D eigenvalue weighted by Crippen LogP contribution is -2.49. The molecule has 25 heavy (non-hydrogen) atoms. The first-order chi connectivity index (χ1) is 11.8. The van der Waals surface area contributed by atoms with Crippen molar-refractivity contribution in [3.05, 3.63) is 59.2 Å². The van der Waals surface area contributed by atoms with Crippen molar-refractivity contribution in [3.8, 4) is 5.75 Å². The zero-order valence-corrected chi connectivity index (χ0v) is 13.4. The first kappa shape index (κ1) is 17.3. The van der Waals surface area contributed by atoms with Gasteiger partial charge in [-0.2, -0.15) is 13.2 Å². The number of amides is 1. The van der Waals surface area contributed by atoms with E-state index in [4.69, 9.17) is 0 Å². The molecule has 0 radical (unpaired) electrons. The summed E-state index contributed by atoms with van der Waals surface area (Å²) < 4.78 is 40.0. The maximum Gasteiger partial charge on any atom is 0.418 e. The second kappa shape index (κ2) is 6.07. The molecule has 1 aliphatic rings. The Hall–Kier alpha value is -2.54. The summed E-state index contributed by atoms with van der Waals surface area (Å²) in [5.41, 5.74) is -1.84. The van der Waals surface area contributed by atoms with Crippen molar-refractivity contribution in [2.45, 2.75) is 25.1 Å². The fourth-order valence-corrected chi connectivity index (χ4v) is 3.15. The summed E-state index contributed by atoms with van der Waals surface area (Å²) in [5, 5.41) is 15.0. The van der Waals surface area contributed by atoms with E-state index in [0.717, 1.165) is 6.07 Å². The molecular weight excluding hydrogens is 333 g/mol. The zero-order chi connectivity index (χ0) is 18.2. The van der Waals surface area contributed by atoms with Gasteiger partial charge < -0.3 is 10.4 Å². The number of hydrogen-bond acceptors (Lipinski definition) is 3. The Kier molecular flexibility index (Phi) is 4.20. The number of hydrogen-bond donors (Lipinski definition) is 3. The Bertz CT molecular complexity index is 803. The monoisotopic (exact) mass is 350 g/mol. The van der Waals surface area contributed by atoms with Gasteiger partial charge in [0.25, 0.3) is 5.91 Å². The van der Waals surface area contributed by atoms with Crippen molar-refractivity contribution in [1.29, 1.82) is 0 Å². The van der Waals surface area contributed by atoms with Gasteiger partial charge in [0.05, 0.1) is 11.3 Å². The zero-order valence-electron chi connectivity index (χ0n) is 13.4. The summed E-state index contributed by atoms with van der Waals surface area (Å²) in [5.74, 6) is -0.560. The summed E-state index contributed by atoms with van der Waals surface area (Å²) in [6, 6.07) is 9.64. The lowest BCUT2D eigenvalue weighted by molar-refractivity contribution is -0.136. The third-order valence-electron chi connectivity index (χ3n) is 4.29. The summed E-state index contributed by atoms with van der Waals surface area (Å²) in [6.07, 6.45) is -3.88. The van der Waals surface area contributed by atoms with Gasteiger partial charge in [0.15, 0.2) is 5.54 Å². The van der Waals surface area contributed by atoms with Crippen LogP contribution >= 0.6 is 0 Å². The molecule has 2 aromatic rings. The average molecular weight is 350 g/mol. The minimum absolute atomic E-state index is 0.0112. The van der Waals surface area contributed by atoms with Crippen LogP contribution in [0.1, 0.15) is 30.0 Å². The molecular formula is C18H17F3N2O2. The van der Waals surface area contributed by atoms with Crippen molar-refractivity contribution in [3.63, 3.8) is 0 Å². The average Bonchev–Trinajstić information content (AvgIpc) is 2.85. The molecule has 3 rings (SSSR count). The molecule has 3 N–H and O–H groups in total. The number of aromatic hydroxyl groups is 1. The summed E-state index contributed by atoms with van der Waals surface area (Å²) in [4.78, 5) is 12.8. The lowest BCUT2D eigenvalue weighted by Gasteiger charge is -2.29. The molecule has 0 saturated carbocycles. The van der Waals surface area contributed by atoms with Gasteiger partial charge in [0.2, 0.25) is 0 Å². The number of rotatable bonds is 4. The number of halogens is 3. The summed E-state index contributed by atoms with van der Waals surface area (Å²) >= 11 is 0. The van der Waals surface area contributed by atoms with Gasteiger partial charge in [-0.25, -0.2) is 0 Å². The predicted molar refractivity (Wildman–Crippen MR) is 87.3 cm³/mol. The molecule has 1 atom stereocenters. The molecule has 1 heterocycles. The Morgan fingerprint density at radius 1 is 1.16 bits per heavy atom. The van der Waals surface area contributed by atoms with E-state index in [1.807, 2.05) is 6.92 Å². The number of nitrogens with one attached hydrogen (secondary N) is 2. The highest BCUT2D eigenvalue weighted by atomic mass is 19.4. The largest absolute Gasteiger partial charge is 0.508 e. The number of phenolic OH excluding ortho intramolecular Hbond substituents is 1. The predicted octanol–water partition coefficient (Wildman–Crippen LogP) is 3.61. The number of alkyl halides is 3. The van der Waals surface area contributed by atoms with Crippen LogP contribution in [0.5, 0.6) is 5.75 Å². The number of para-hydroxylation sites is 1. The molecule has 1 unspecified atom stereocenters. The summed E-state index contributed by atoms with van der Waals surface area (Å²) in [6.45, 7) is 2.33. The number of carbonyl (C=O) groups excluding carboxylic acids is 1. The maximum atomic E-state index is 13.3. The number of carbonyl (C=O) groups is 1. The first-order valence-corrected chi connectivity index (χ1v) is 7.87. The molecule has 0 saturated heterocycles. The van der Waals surface area contributed by atoms with Crippen LogP contribution in [0.2, 0.25) is 0 Å². The smallest absolute Gasteiger partial charge is 0.418 e. The molecule has 132 valence electrons. The molecule has 2 aromatic carbocycles. The second-order valence-electron chi connectivity index (χ2n) is 5.90. The van der Waals surface area contributed by atoms with Crippen LogP contribution in [-0.2, 0) is 16.5 Å². The highest BCUT2D eigenvalue weighted by Gasteiger charge is 2.51. The fraction of sp³-hybridized carbons (Fsp3) is 0.278. The molecule has 0 bridgehead atoms. The van der Waals surface area contributed by atoms with Crippen molar-refractivity contribution >= 4 is 11.6 Å². The third-order valence-corrected chi connectivity index (χ3v) is 4.29. The van der Waals surface area contributed by atoms with E-state index >= 15 is 0 Å². The van der Waals surface area contributed by atoms with Crippen LogP contribution in [0, 0.1) is 0 Å². The highest BCUT2D eigenvalue weighted by Crippen LogP contribution is 2.46. The van der Waals surface area contributed by atoms with E-state index < -0.39 is 23.2 Å². The lowest BCUT2D eigenvalue weighted by atomic mass is 9.83. The fourth-order valence-electron chi connectivity index (χ4n) is 3.15. The van der Waals surface area contributed by atoms with Crippen molar-refractivity contribution < 1.29 is 23.1 Å². The van der Waals surface area contributed by atoms with Crippen LogP contribution in [0.25, 0.3) is 0 Å².